The summed E-state index contributed by atoms with van der Waals surface area (Å²) in [4.78, 5) is 2.50. The van der Waals surface area contributed by atoms with Crippen LogP contribution >= 0.6 is 0 Å². The fourth-order valence-electron chi connectivity index (χ4n) is 2.09. The van der Waals surface area contributed by atoms with Gasteiger partial charge < -0.3 is 10.2 Å². The second kappa shape index (κ2) is 6.41. The number of piperidine rings is 1. The van der Waals surface area contributed by atoms with Crippen LogP contribution in [0.2, 0.25) is 0 Å². The van der Waals surface area contributed by atoms with Gasteiger partial charge in [0.15, 0.2) is 0 Å². The van der Waals surface area contributed by atoms with Crippen LogP contribution in [-0.4, -0.2) is 38.1 Å². The highest BCUT2D eigenvalue weighted by Crippen LogP contribution is 2.11. The first-order valence-electron chi connectivity index (χ1n) is 6.07. The first-order valence-corrected chi connectivity index (χ1v) is 6.07. The number of hydrogen-bond acceptors (Lipinski definition) is 2. The molecule has 0 radical (unpaired) electrons. The lowest BCUT2D eigenvalue weighted by atomic mass is 9.99. The molecule has 1 atom stereocenters. The zero-order chi connectivity index (χ0) is 10.4. The molecular formula is C12H26N2. The maximum atomic E-state index is 3.48. The highest BCUT2D eigenvalue weighted by Gasteiger charge is 2.14. The van der Waals surface area contributed by atoms with Crippen molar-refractivity contribution in [3.63, 3.8) is 0 Å². The molecule has 2 heteroatoms. The number of hydrogen-bond donors (Lipinski definition) is 1. The van der Waals surface area contributed by atoms with Gasteiger partial charge in [-0.05, 0) is 57.8 Å². The van der Waals surface area contributed by atoms with Crippen molar-refractivity contribution >= 4 is 0 Å². The van der Waals surface area contributed by atoms with Gasteiger partial charge in [0.05, 0.1) is 0 Å². The third-order valence-corrected chi connectivity index (χ3v) is 3.06. The average Bonchev–Trinajstić information content (AvgIpc) is 2.16. The van der Waals surface area contributed by atoms with Gasteiger partial charge in [-0.1, -0.05) is 13.8 Å². The molecule has 0 saturated carbocycles. The van der Waals surface area contributed by atoms with Gasteiger partial charge in [-0.2, -0.15) is 0 Å². The Balaban J connectivity index is 2.09. The van der Waals surface area contributed by atoms with Gasteiger partial charge >= 0.3 is 0 Å². The Morgan fingerprint density at radius 3 is 2.79 bits per heavy atom. The molecule has 1 rings (SSSR count). The van der Waals surface area contributed by atoms with Crippen LogP contribution in [-0.2, 0) is 0 Å². The molecule has 1 saturated heterocycles. The Labute approximate surface area is 89.1 Å². The molecule has 1 aliphatic heterocycles. The molecule has 0 aromatic carbocycles. The normalized spacial score (nSPS) is 23.4. The van der Waals surface area contributed by atoms with Gasteiger partial charge in [-0.15, -0.1) is 0 Å². The summed E-state index contributed by atoms with van der Waals surface area (Å²) in [5, 5.41) is 3.48. The molecule has 0 bridgehead atoms. The van der Waals surface area contributed by atoms with Crippen LogP contribution in [0.25, 0.3) is 0 Å². The molecule has 0 spiro atoms. The Hall–Kier alpha value is -0.0800. The van der Waals surface area contributed by atoms with Crippen molar-refractivity contribution in [2.75, 3.05) is 33.2 Å². The fraction of sp³-hybridized carbons (Fsp3) is 1.00. The van der Waals surface area contributed by atoms with Crippen molar-refractivity contribution < 1.29 is 0 Å². The van der Waals surface area contributed by atoms with Gasteiger partial charge in [-0.25, -0.2) is 0 Å². The highest BCUT2D eigenvalue weighted by molar-refractivity contribution is 4.71. The first kappa shape index (κ1) is 12.0. The molecule has 84 valence electrons. The summed E-state index contributed by atoms with van der Waals surface area (Å²) in [6, 6.07) is 0. The summed E-state index contributed by atoms with van der Waals surface area (Å²) in [6.45, 7) is 9.60. The SMILES string of the molecule is CC(C)CCN(C)CC1CCCNC1. The van der Waals surface area contributed by atoms with E-state index >= 15 is 0 Å². The topological polar surface area (TPSA) is 15.3 Å². The molecule has 1 N–H and O–H groups in total. The minimum absolute atomic E-state index is 0.835. The Bertz CT molecular complexity index is 139. The van der Waals surface area contributed by atoms with E-state index in [2.05, 4.69) is 31.1 Å². The van der Waals surface area contributed by atoms with Crippen LogP contribution in [0.15, 0.2) is 0 Å². The third kappa shape index (κ3) is 4.97. The lowest BCUT2D eigenvalue weighted by Gasteiger charge is -2.27. The van der Waals surface area contributed by atoms with Crippen molar-refractivity contribution in [3.8, 4) is 0 Å². The number of nitrogens with one attached hydrogen (secondary N) is 1. The molecule has 0 aromatic rings. The lowest BCUT2D eigenvalue weighted by molar-refractivity contribution is 0.234. The average molecular weight is 198 g/mol. The molecule has 1 aliphatic rings. The van der Waals surface area contributed by atoms with E-state index in [0.29, 0.717) is 0 Å². The second-order valence-electron chi connectivity index (χ2n) is 5.16. The van der Waals surface area contributed by atoms with Crippen LogP contribution in [0.1, 0.15) is 33.1 Å². The highest BCUT2D eigenvalue weighted by atomic mass is 15.1. The van der Waals surface area contributed by atoms with E-state index in [-0.39, 0.29) is 0 Å². The van der Waals surface area contributed by atoms with E-state index in [9.17, 15) is 0 Å². The van der Waals surface area contributed by atoms with Crippen LogP contribution in [0, 0.1) is 11.8 Å². The number of rotatable bonds is 5. The van der Waals surface area contributed by atoms with Gasteiger partial charge in [0.1, 0.15) is 0 Å². The summed E-state index contributed by atoms with van der Waals surface area (Å²) in [7, 11) is 2.26. The Morgan fingerprint density at radius 2 is 2.21 bits per heavy atom. The molecule has 1 fully saturated rings. The summed E-state index contributed by atoms with van der Waals surface area (Å²) in [5.74, 6) is 1.72. The molecule has 1 unspecified atom stereocenters. The van der Waals surface area contributed by atoms with Gasteiger partial charge in [0.2, 0.25) is 0 Å². The van der Waals surface area contributed by atoms with Gasteiger partial charge in [0.25, 0.3) is 0 Å². The summed E-state index contributed by atoms with van der Waals surface area (Å²) in [6.07, 6.45) is 4.11. The minimum Gasteiger partial charge on any atom is -0.316 e. The van der Waals surface area contributed by atoms with Gasteiger partial charge in [0, 0.05) is 6.54 Å². The van der Waals surface area contributed by atoms with E-state index < -0.39 is 0 Å². The van der Waals surface area contributed by atoms with Gasteiger partial charge in [-0.3, -0.25) is 0 Å². The quantitative estimate of drug-likeness (QED) is 0.726. The van der Waals surface area contributed by atoms with Crippen LogP contribution in [0.4, 0.5) is 0 Å². The molecule has 2 nitrogen and oxygen atoms in total. The monoisotopic (exact) mass is 198 g/mol. The molecule has 14 heavy (non-hydrogen) atoms. The Kier molecular flexibility index (Phi) is 5.49. The maximum Gasteiger partial charge on any atom is 0.00187 e. The first-order chi connectivity index (χ1) is 6.68. The van der Waals surface area contributed by atoms with Crippen molar-refractivity contribution in [1.29, 1.82) is 0 Å². The van der Waals surface area contributed by atoms with E-state index in [1.807, 2.05) is 0 Å². The second-order valence-corrected chi connectivity index (χ2v) is 5.16. The predicted octanol–water partition coefficient (Wildman–Crippen LogP) is 1.96. The molecule has 0 aromatic heterocycles. The largest absolute Gasteiger partial charge is 0.316 e. The zero-order valence-corrected chi connectivity index (χ0v) is 10.1. The van der Waals surface area contributed by atoms with E-state index in [0.717, 1.165) is 11.8 Å². The van der Waals surface area contributed by atoms with E-state index in [4.69, 9.17) is 0 Å². The maximum absolute atomic E-state index is 3.48. The lowest BCUT2D eigenvalue weighted by Crippen LogP contribution is -2.37. The molecule has 0 amide bonds. The Morgan fingerprint density at radius 1 is 1.43 bits per heavy atom. The summed E-state index contributed by atoms with van der Waals surface area (Å²) in [5.41, 5.74) is 0. The smallest absolute Gasteiger partial charge is 0.00187 e. The van der Waals surface area contributed by atoms with Crippen molar-refractivity contribution in [2.45, 2.75) is 33.1 Å². The van der Waals surface area contributed by atoms with Crippen molar-refractivity contribution in [1.82, 2.24) is 10.2 Å². The molecular weight excluding hydrogens is 172 g/mol. The summed E-state index contributed by atoms with van der Waals surface area (Å²) < 4.78 is 0. The minimum atomic E-state index is 0.835. The van der Waals surface area contributed by atoms with E-state index in [1.165, 1.54) is 45.4 Å². The van der Waals surface area contributed by atoms with Crippen LogP contribution < -0.4 is 5.32 Å². The fourth-order valence-corrected chi connectivity index (χ4v) is 2.09. The number of nitrogens with zero attached hydrogens (tertiary/aromatic N) is 1. The zero-order valence-electron chi connectivity index (χ0n) is 10.1. The predicted molar refractivity (Wildman–Crippen MR) is 62.5 cm³/mol. The summed E-state index contributed by atoms with van der Waals surface area (Å²) >= 11 is 0. The molecule has 1 heterocycles. The van der Waals surface area contributed by atoms with Crippen LogP contribution in [0.3, 0.4) is 0 Å². The van der Waals surface area contributed by atoms with E-state index in [1.54, 1.807) is 0 Å². The van der Waals surface area contributed by atoms with Crippen molar-refractivity contribution in [2.24, 2.45) is 11.8 Å². The van der Waals surface area contributed by atoms with Crippen molar-refractivity contribution in [3.05, 3.63) is 0 Å². The third-order valence-electron chi connectivity index (χ3n) is 3.06. The van der Waals surface area contributed by atoms with Crippen LogP contribution in [0.5, 0.6) is 0 Å². The molecule has 0 aliphatic carbocycles. The standard InChI is InChI=1S/C12H26N2/c1-11(2)6-8-14(3)10-12-5-4-7-13-9-12/h11-13H,4-10H2,1-3H3.